The first kappa shape index (κ1) is 23.3. The zero-order valence-corrected chi connectivity index (χ0v) is 19.2. The predicted molar refractivity (Wildman–Crippen MR) is 123 cm³/mol. The van der Waals surface area contributed by atoms with Crippen molar-refractivity contribution in [3.05, 3.63) is 64.7 Å². The van der Waals surface area contributed by atoms with E-state index >= 15 is 0 Å². The molecule has 0 spiro atoms. The lowest BCUT2D eigenvalue weighted by Gasteiger charge is -2.26. The van der Waals surface area contributed by atoms with Crippen LogP contribution in [0.15, 0.2) is 48.0 Å². The van der Waals surface area contributed by atoms with Gasteiger partial charge in [0.15, 0.2) is 0 Å². The fraction of sp³-hybridized carbons (Fsp3) is 0.360. The SMILES string of the molecule is COc1ccc(C2/C(=C(/O)c3ccc(OC)cc3C)C(=O)C(=O)N2CCCN(C)C)cc1. The molecule has 1 aliphatic heterocycles. The van der Waals surface area contributed by atoms with Gasteiger partial charge in [-0.2, -0.15) is 0 Å². The number of methoxy groups -OCH3 is 2. The van der Waals surface area contributed by atoms with Crippen molar-refractivity contribution in [1.82, 2.24) is 9.80 Å². The molecule has 1 fully saturated rings. The van der Waals surface area contributed by atoms with Gasteiger partial charge in [-0.25, -0.2) is 0 Å². The third-order valence-corrected chi connectivity index (χ3v) is 5.66. The van der Waals surface area contributed by atoms with E-state index in [1.807, 2.05) is 38.1 Å². The summed E-state index contributed by atoms with van der Waals surface area (Å²) in [4.78, 5) is 29.7. The van der Waals surface area contributed by atoms with Crippen LogP contribution in [0.1, 0.15) is 29.2 Å². The minimum Gasteiger partial charge on any atom is -0.507 e. The van der Waals surface area contributed by atoms with Gasteiger partial charge in [0.1, 0.15) is 17.3 Å². The molecular formula is C25H30N2O5. The molecule has 7 nitrogen and oxygen atoms in total. The van der Waals surface area contributed by atoms with Crippen molar-refractivity contribution in [3.63, 3.8) is 0 Å². The molecular weight excluding hydrogens is 408 g/mol. The van der Waals surface area contributed by atoms with Gasteiger partial charge >= 0.3 is 0 Å². The average molecular weight is 439 g/mol. The average Bonchev–Trinajstić information content (AvgIpc) is 3.03. The van der Waals surface area contributed by atoms with Crippen LogP contribution >= 0.6 is 0 Å². The standard InChI is InChI=1S/C25H30N2O5/c1-16-15-19(32-5)11-12-20(16)23(28)21-22(17-7-9-18(31-4)10-8-17)27(25(30)24(21)29)14-6-13-26(2)3/h7-12,15,22,28H,6,13-14H2,1-5H3/b23-21-. The van der Waals surface area contributed by atoms with Gasteiger partial charge in [-0.3, -0.25) is 9.59 Å². The summed E-state index contributed by atoms with van der Waals surface area (Å²) in [5, 5.41) is 11.2. The van der Waals surface area contributed by atoms with Gasteiger partial charge in [-0.05, 0) is 75.4 Å². The zero-order chi connectivity index (χ0) is 23.4. The van der Waals surface area contributed by atoms with Crippen LogP contribution < -0.4 is 9.47 Å². The van der Waals surface area contributed by atoms with Gasteiger partial charge in [0.05, 0.1) is 25.8 Å². The Morgan fingerprint density at radius 1 is 1.03 bits per heavy atom. The summed E-state index contributed by atoms with van der Waals surface area (Å²) in [6.45, 7) is 3.00. The van der Waals surface area contributed by atoms with Crippen LogP contribution in [-0.2, 0) is 9.59 Å². The van der Waals surface area contributed by atoms with Gasteiger partial charge < -0.3 is 24.4 Å². The second-order valence-corrected chi connectivity index (χ2v) is 8.10. The number of nitrogens with zero attached hydrogens (tertiary/aromatic N) is 2. The summed E-state index contributed by atoms with van der Waals surface area (Å²) >= 11 is 0. The summed E-state index contributed by atoms with van der Waals surface area (Å²) in [5.41, 5.74) is 2.07. The third-order valence-electron chi connectivity index (χ3n) is 5.66. The van der Waals surface area contributed by atoms with Crippen LogP contribution in [0, 0.1) is 6.92 Å². The van der Waals surface area contributed by atoms with Crippen LogP contribution in [0.2, 0.25) is 0 Å². The van der Waals surface area contributed by atoms with Gasteiger partial charge in [0.25, 0.3) is 11.7 Å². The van der Waals surface area contributed by atoms with E-state index in [-0.39, 0.29) is 11.3 Å². The molecule has 7 heteroatoms. The predicted octanol–water partition coefficient (Wildman–Crippen LogP) is 3.39. The summed E-state index contributed by atoms with van der Waals surface area (Å²) in [6, 6.07) is 11.7. The van der Waals surface area contributed by atoms with Crippen molar-refractivity contribution < 1.29 is 24.2 Å². The molecule has 170 valence electrons. The number of Topliss-reactive ketones (excluding diaryl/α,β-unsaturated/α-hetero) is 1. The van der Waals surface area contributed by atoms with Crippen LogP contribution in [0.3, 0.4) is 0 Å². The van der Waals surface area contributed by atoms with E-state index in [0.29, 0.717) is 30.0 Å². The Kier molecular flexibility index (Phi) is 7.20. The lowest BCUT2D eigenvalue weighted by atomic mass is 9.93. The summed E-state index contributed by atoms with van der Waals surface area (Å²) in [5.74, 6) is -0.140. The highest BCUT2D eigenvalue weighted by molar-refractivity contribution is 6.46. The molecule has 1 aliphatic rings. The van der Waals surface area contributed by atoms with Crippen LogP contribution in [0.5, 0.6) is 11.5 Å². The van der Waals surface area contributed by atoms with Gasteiger partial charge in [0, 0.05) is 12.1 Å². The third kappa shape index (κ3) is 4.62. The Balaban J connectivity index is 2.11. The number of ether oxygens (including phenoxy) is 2. The van der Waals surface area contributed by atoms with Gasteiger partial charge in [-0.15, -0.1) is 0 Å². The molecule has 0 bridgehead atoms. The quantitative estimate of drug-likeness (QED) is 0.387. The highest BCUT2D eigenvalue weighted by atomic mass is 16.5. The lowest BCUT2D eigenvalue weighted by Crippen LogP contribution is -2.32. The second kappa shape index (κ2) is 9.87. The molecule has 0 saturated carbocycles. The Labute approximate surface area is 188 Å². The summed E-state index contributed by atoms with van der Waals surface area (Å²) < 4.78 is 10.5. The number of carbonyl (C=O) groups excluding carboxylic acids is 2. The first-order valence-electron chi connectivity index (χ1n) is 10.5. The maximum atomic E-state index is 13.1. The van der Waals surface area contributed by atoms with Crippen molar-refractivity contribution in [1.29, 1.82) is 0 Å². The first-order chi connectivity index (χ1) is 15.3. The van der Waals surface area contributed by atoms with Gasteiger partial charge in [-0.1, -0.05) is 12.1 Å². The molecule has 32 heavy (non-hydrogen) atoms. The van der Waals surface area contributed by atoms with Crippen LogP contribution in [0.25, 0.3) is 5.76 Å². The zero-order valence-electron chi connectivity index (χ0n) is 19.2. The smallest absolute Gasteiger partial charge is 0.295 e. The topological polar surface area (TPSA) is 79.3 Å². The van der Waals surface area contributed by atoms with Crippen molar-refractivity contribution in [2.45, 2.75) is 19.4 Å². The molecule has 1 saturated heterocycles. The van der Waals surface area contributed by atoms with Crippen molar-refractivity contribution in [2.75, 3.05) is 41.4 Å². The van der Waals surface area contributed by atoms with Crippen LogP contribution in [0.4, 0.5) is 0 Å². The molecule has 1 amide bonds. The number of rotatable bonds is 8. The normalized spacial score (nSPS) is 17.8. The Morgan fingerprint density at radius 3 is 2.22 bits per heavy atom. The molecule has 1 atom stereocenters. The largest absolute Gasteiger partial charge is 0.507 e. The molecule has 2 aromatic carbocycles. The molecule has 2 aromatic rings. The Morgan fingerprint density at radius 2 is 1.66 bits per heavy atom. The summed E-state index contributed by atoms with van der Waals surface area (Å²) in [6.07, 6.45) is 0.703. The van der Waals surface area contributed by atoms with E-state index in [9.17, 15) is 14.7 Å². The molecule has 0 aliphatic carbocycles. The maximum absolute atomic E-state index is 13.1. The van der Waals surface area contributed by atoms with E-state index in [0.717, 1.165) is 17.7 Å². The number of likely N-dealkylation sites (tertiary alicyclic amines) is 1. The number of carbonyl (C=O) groups is 2. The van der Waals surface area contributed by atoms with E-state index in [4.69, 9.17) is 9.47 Å². The van der Waals surface area contributed by atoms with Crippen molar-refractivity contribution in [3.8, 4) is 11.5 Å². The number of hydrogen-bond acceptors (Lipinski definition) is 6. The molecule has 1 N–H and O–H groups in total. The van der Waals surface area contributed by atoms with E-state index in [1.54, 1.807) is 49.5 Å². The number of ketones is 1. The molecule has 0 radical (unpaired) electrons. The van der Waals surface area contributed by atoms with Crippen molar-refractivity contribution in [2.24, 2.45) is 0 Å². The number of hydrogen-bond donors (Lipinski definition) is 1. The van der Waals surface area contributed by atoms with Crippen LogP contribution in [-0.4, -0.2) is 68.0 Å². The lowest BCUT2D eigenvalue weighted by molar-refractivity contribution is -0.139. The maximum Gasteiger partial charge on any atom is 0.295 e. The minimum atomic E-state index is -0.677. The molecule has 3 rings (SSSR count). The fourth-order valence-electron chi connectivity index (χ4n) is 3.97. The van der Waals surface area contributed by atoms with E-state index < -0.39 is 17.7 Å². The highest BCUT2D eigenvalue weighted by Crippen LogP contribution is 2.40. The molecule has 1 heterocycles. The first-order valence-corrected chi connectivity index (χ1v) is 10.5. The fourth-order valence-corrected chi connectivity index (χ4v) is 3.97. The minimum absolute atomic E-state index is 0.0956. The molecule has 1 unspecified atom stereocenters. The second-order valence-electron chi connectivity index (χ2n) is 8.10. The number of amides is 1. The van der Waals surface area contributed by atoms with E-state index in [2.05, 4.69) is 0 Å². The monoisotopic (exact) mass is 438 g/mol. The van der Waals surface area contributed by atoms with Gasteiger partial charge in [0.2, 0.25) is 0 Å². The summed E-state index contributed by atoms with van der Waals surface area (Å²) in [7, 11) is 7.06. The highest BCUT2D eigenvalue weighted by Gasteiger charge is 2.45. The number of aryl methyl sites for hydroxylation is 1. The Hall–Kier alpha value is -3.32. The number of aliphatic hydroxyl groups is 1. The Bertz CT molecular complexity index is 1030. The number of benzene rings is 2. The van der Waals surface area contributed by atoms with Crippen molar-refractivity contribution >= 4 is 17.4 Å². The number of aliphatic hydroxyl groups excluding tert-OH is 1. The molecule has 0 aromatic heterocycles. The van der Waals surface area contributed by atoms with E-state index in [1.165, 1.54) is 0 Å².